The van der Waals surface area contributed by atoms with Crippen molar-refractivity contribution in [3.8, 4) is 0 Å². The third-order valence-corrected chi connectivity index (χ3v) is 5.74. The van der Waals surface area contributed by atoms with Crippen LogP contribution in [0.3, 0.4) is 0 Å². The highest BCUT2D eigenvalue weighted by atomic mass is 79.9. The number of nitrogens with zero attached hydrogens (tertiary/aromatic N) is 1. The lowest BCUT2D eigenvalue weighted by Crippen LogP contribution is -2.26. The first-order valence-corrected chi connectivity index (χ1v) is 9.20. The van der Waals surface area contributed by atoms with Crippen molar-refractivity contribution in [1.29, 1.82) is 0 Å². The van der Waals surface area contributed by atoms with E-state index in [2.05, 4.69) is 26.2 Å². The summed E-state index contributed by atoms with van der Waals surface area (Å²) < 4.78 is 0.984. The van der Waals surface area contributed by atoms with E-state index in [1.807, 2.05) is 36.4 Å². The molecule has 1 aliphatic rings. The van der Waals surface area contributed by atoms with Gasteiger partial charge in [-0.05, 0) is 42.3 Å². The van der Waals surface area contributed by atoms with Crippen LogP contribution in [0.25, 0.3) is 0 Å². The first-order chi connectivity index (χ1) is 11.0. The highest BCUT2D eigenvalue weighted by Gasteiger charge is 2.31. The van der Waals surface area contributed by atoms with Gasteiger partial charge in [0.05, 0.1) is 21.0 Å². The van der Waals surface area contributed by atoms with Crippen LogP contribution in [-0.4, -0.2) is 16.3 Å². The molecule has 0 aliphatic carbocycles. The van der Waals surface area contributed by atoms with E-state index < -0.39 is 0 Å². The molecule has 0 aromatic heterocycles. The van der Waals surface area contributed by atoms with Crippen LogP contribution in [0.15, 0.2) is 51.9 Å². The Morgan fingerprint density at radius 1 is 1.17 bits per heavy atom. The number of hydrogen-bond acceptors (Lipinski definition) is 3. The molecule has 2 aromatic rings. The van der Waals surface area contributed by atoms with Crippen LogP contribution in [0.5, 0.6) is 0 Å². The van der Waals surface area contributed by atoms with E-state index in [1.54, 1.807) is 6.07 Å². The van der Waals surface area contributed by atoms with E-state index in [4.69, 9.17) is 23.2 Å². The summed E-state index contributed by atoms with van der Waals surface area (Å²) in [6, 6.07) is 13.0. The van der Waals surface area contributed by atoms with Crippen molar-refractivity contribution in [3.63, 3.8) is 0 Å². The van der Waals surface area contributed by atoms with Gasteiger partial charge < -0.3 is 5.32 Å². The fourth-order valence-electron chi connectivity index (χ4n) is 2.13. The van der Waals surface area contributed by atoms with Crippen molar-refractivity contribution in [3.05, 3.63) is 62.5 Å². The van der Waals surface area contributed by atoms with Crippen LogP contribution < -0.4 is 5.32 Å². The molecule has 1 aliphatic heterocycles. The van der Waals surface area contributed by atoms with Gasteiger partial charge in [0.15, 0.2) is 5.17 Å². The molecule has 118 valence electrons. The van der Waals surface area contributed by atoms with Gasteiger partial charge in [-0.1, -0.05) is 63.0 Å². The number of aliphatic imine (C=N–C) groups is 1. The summed E-state index contributed by atoms with van der Waals surface area (Å²) in [4.78, 5) is 16.6. The molecule has 3 rings (SSSR count). The molecule has 1 fully saturated rings. The van der Waals surface area contributed by atoms with Crippen molar-refractivity contribution in [2.75, 3.05) is 0 Å². The Bertz CT molecular complexity index is 780. The maximum absolute atomic E-state index is 12.1. The lowest BCUT2D eigenvalue weighted by atomic mass is 10.1. The van der Waals surface area contributed by atoms with Crippen molar-refractivity contribution in [2.45, 2.75) is 11.7 Å². The monoisotopic (exact) mass is 428 g/mol. The lowest BCUT2D eigenvalue weighted by Gasteiger charge is -2.08. The van der Waals surface area contributed by atoms with Crippen LogP contribution in [0.2, 0.25) is 10.0 Å². The number of carbonyl (C=O) groups is 1. The number of hydrogen-bond donors (Lipinski definition) is 1. The first-order valence-electron chi connectivity index (χ1n) is 6.77. The van der Waals surface area contributed by atoms with Crippen LogP contribution in [0.1, 0.15) is 5.56 Å². The molecule has 0 radical (unpaired) electrons. The Morgan fingerprint density at radius 2 is 1.91 bits per heavy atom. The molecule has 1 heterocycles. The van der Waals surface area contributed by atoms with Crippen molar-refractivity contribution >= 4 is 67.7 Å². The molecule has 7 heteroatoms. The average Bonchev–Trinajstić information content (AvgIpc) is 2.86. The zero-order chi connectivity index (χ0) is 16.4. The molecule has 3 nitrogen and oxygen atoms in total. The van der Waals surface area contributed by atoms with Crippen molar-refractivity contribution in [1.82, 2.24) is 5.32 Å². The molecule has 1 amide bonds. The van der Waals surface area contributed by atoms with E-state index in [0.717, 1.165) is 15.7 Å². The molecule has 1 atom stereocenters. The number of halogens is 3. The molecule has 23 heavy (non-hydrogen) atoms. The summed E-state index contributed by atoms with van der Waals surface area (Å²) in [5.41, 5.74) is 1.65. The highest BCUT2D eigenvalue weighted by molar-refractivity contribution is 9.10. The third kappa shape index (κ3) is 4.10. The molecule has 1 unspecified atom stereocenters. The van der Waals surface area contributed by atoms with Gasteiger partial charge in [-0.3, -0.25) is 4.79 Å². The topological polar surface area (TPSA) is 41.5 Å². The van der Waals surface area contributed by atoms with E-state index in [0.29, 0.717) is 21.6 Å². The number of nitrogens with one attached hydrogen (secondary N) is 1. The molecular formula is C16H11BrCl2N2OS. The number of rotatable bonds is 3. The number of thioether (sulfide) groups is 1. The maximum Gasteiger partial charge on any atom is 0.239 e. The summed E-state index contributed by atoms with van der Waals surface area (Å²) in [7, 11) is 0. The Morgan fingerprint density at radius 3 is 2.65 bits per heavy atom. The molecule has 0 bridgehead atoms. The lowest BCUT2D eigenvalue weighted by molar-refractivity contribution is -0.118. The van der Waals surface area contributed by atoms with Crippen molar-refractivity contribution in [2.24, 2.45) is 4.99 Å². The number of amidine groups is 1. The Kier molecular flexibility index (Phi) is 5.31. The average molecular weight is 430 g/mol. The van der Waals surface area contributed by atoms with Gasteiger partial charge in [0, 0.05) is 4.47 Å². The number of amides is 1. The second-order valence-corrected chi connectivity index (χ2v) is 7.80. The fourth-order valence-corrected chi connectivity index (χ4v) is 3.81. The normalized spacial score (nSPS) is 19.2. The minimum absolute atomic E-state index is 0.0677. The SMILES string of the molecule is O=C1NC(=Nc2ccc(Br)cc2)SC1Cc1cccc(Cl)c1Cl. The van der Waals surface area contributed by atoms with Gasteiger partial charge in [0.2, 0.25) is 5.91 Å². The summed E-state index contributed by atoms with van der Waals surface area (Å²) in [6.07, 6.45) is 0.509. The minimum atomic E-state index is -0.264. The predicted molar refractivity (Wildman–Crippen MR) is 101 cm³/mol. The summed E-state index contributed by atoms with van der Waals surface area (Å²) in [5, 5.41) is 4.14. The summed E-state index contributed by atoms with van der Waals surface area (Å²) in [5.74, 6) is -0.0677. The molecule has 0 spiro atoms. The second-order valence-electron chi connectivity index (χ2n) is 4.91. The molecular weight excluding hydrogens is 419 g/mol. The Balaban J connectivity index is 1.75. The van der Waals surface area contributed by atoms with Gasteiger partial charge >= 0.3 is 0 Å². The Hall–Kier alpha value is -1.01. The van der Waals surface area contributed by atoms with Crippen LogP contribution in [0, 0.1) is 0 Å². The first kappa shape index (κ1) is 16.8. The van der Waals surface area contributed by atoms with Gasteiger partial charge in [-0.15, -0.1) is 0 Å². The number of benzene rings is 2. The van der Waals surface area contributed by atoms with Crippen molar-refractivity contribution < 1.29 is 4.79 Å². The van der Waals surface area contributed by atoms with Gasteiger partial charge in [-0.25, -0.2) is 4.99 Å². The third-order valence-electron chi connectivity index (χ3n) is 3.27. The van der Waals surface area contributed by atoms with Gasteiger partial charge in [0.25, 0.3) is 0 Å². The molecule has 1 N–H and O–H groups in total. The van der Waals surface area contributed by atoms with Crippen LogP contribution in [0.4, 0.5) is 5.69 Å². The quantitative estimate of drug-likeness (QED) is 0.726. The zero-order valence-electron chi connectivity index (χ0n) is 11.7. The molecule has 0 saturated carbocycles. The van der Waals surface area contributed by atoms with Crippen LogP contribution in [-0.2, 0) is 11.2 Å². The zero-order valence-corrected chi connectivity index (χ0v) is 15.6. The largest absolute Gasteiger partial charge is 0.304 e. The van der Waals surface area contributed by atoms with E-state index in [1.165, 1.54) is 11.8 Å². The standard InChI is InChI=1S/C16H11BrCl2N2OS/c17-10-4-6-11(7-5-10)20-16-21-15(22)13(23-16)8-9-2-1-3-12(18)14(9)19/h1-7,13H,8H2,(H,20,21,22). The van der Waals surface area contributed by atoms with Gasteiger partial charge in [0.1, 0.15) is 0 Å². The smallest absolute Gasteiger partial charge is 0.239 e. The Labute approximate surface area is 156 Å². The number of carbonyl (C=O) groups excluding carboxylic acids is 1. The predicted octanol–water partition coefficient (Wildman–Crippen LogP) is 5.22. The van der Waals surface area contributed by atoms with E-state index >= 15 is 0 Å². The minimum Gasteiger partial charge on any atom is -0.304 e. The van der Waals surface area contributed by atoms with Crippen LogP contribution >= 0.6 is 50.9 Å². The second kappa shape index (κ2) is 7.26. The maximum atomic E-state index is 12.1. The summed E-state index contributed by atoms with van der Waals surface area (Å²) in [6.45, 7) is 0. The fraction of sp³-hybridized carbons (Fsp3) is 0.125. The summed E-state index contributed by atoms with van der Waals surface area (Å²) >= 11 is 17.0. The molecule has 1 saturated heterocycles. The molecule has 2 aromatic carbocycles. The van der Waals surface area contributed by atoms with E-state index in [-0.39, 0.29) is 11.2 Å². The van der Waals surface area contributed by atoms with Gasteiger partial charge in [-0.2, -0.15) is 0 Å². The highest BCUT2D eigenvalue weighted by Crippen LogP contribution is 2.31. The van der Waals surface area contributed by atoms with E-state index in [9.17, 15) is 4.79 Å².